The lowest BCUT2D eigenvalue weighted by Gasteiger charge is -2.32. The number of carbonyl (C=O) groups excluding carboxylic acids is 1. The van der Waals surface area contributed by atoms with Gasteiger partial charge in [0.1, 0.15) is 5.75 Å². The van der Waals surface area contributed by atoms with Crippen LogP contribution in [0.2, 0.25) is 5.02 Å². The molecule has 2 aromatic carbocycles. The predicted molar refractivity (Wildman–Crippen MR) is 111 cm³/mol. The molecule has 1 aliphatic heterocycles. The van der Waals surface area contributed by atoms with Crippen molar-refractivity contribution in [1.82, 2.24) is 4.90 Å². The molecule has 5 heteroatoms. The Morgan fingerprint density at radius 3 is 2.26 bits per heavy atom. The zero-order valence-electron chi connectivity index (χ0n) is 16.2. The van der Waals surface area contributed by atoms with Gasteiger partial charge in [-0.3, -0.25) is 4.79 Å². The van der Waals surface area contributed by atoms with E-state index in [-0.39, 0.29) is 5.91 Å². The topological polar surface area (TPSA) is 32.8 Å². The minimum absolute atomic E-state index is 0.168. The maximum absolute atomic E-state index is 13.2. The number of methoxy groups -OCH3 is 1. The van der Waals surface area contributed by atoms with Gasteiger partial charge in [-0.15, -0.1) is 0 Å². The first-order valence-electron chi connectivity index (χ1n) is 9.36. The highest BCUT2D eigenvalue weighted by molar-refractivity contribution is 6.30. The first kappa shape index (κ1) is 19.6. The minimum Gasteiger partial charge on any atom is -0.497 e. The normalized spacial score (nSPS) is 15.4. The number of benzene rings is 2. The van der Waals surface area contributed by atoms with Crippen LogP contribution in [0.15, 0.2) is 48.5 Å². The van der Waals surface area contributed by atoms with E-state index in [0.29, 0.717) is 5.02 Å². The number of halogens is 1. The van der Waals surface area contributed by atoms with Crippen LogP contribution in [-0.2, 0) is 10.2 Å². The molecule has 0 saturated carbocycles. The number of carbonyl (C=O) groups is 1. The number of ether oxygens (including phenoxy) is 1. The van der Waals surface area contributed by atoms with Gasteiger partial charge in [-0.2, -0.15) is 0 Å². The first-order chi connectivity index (χ1) is 12.9. The molecular formula is C22H27ClN2O2. The van der Waals surface area contributed by atoms with Gasteiger partial charge in [0.05, 0.1) is 12.5 Å². The average molecular weight is 387 g/mol. The molecule has 0 bridgehead atoms. The largest absolute Gasteiger partial charge is 0.497 e. The molecule has 0 aromatic heterocycles. The fourth-order valence-electron chi connectivity index (χ4n) is 3.56. The number of hydrogen-bond donors (Lipinski definition) is 0. The van der Waals surface area contributed by atoms with Crippen molar-refractivity contribution in [2.75, 3.05) is 38.2 Å². The Labute approximate surface area is 166 Å². The fourth-order valence-corrected chi connectivity index (χ4v) is 3.68. The number of rotatable bonds is 4. The van der Waals surface area contributed by atoms with Crippen molar-refractivity contribution in [3.8, 4) is 5.75 Å². The second-order valence-corrected chi connectivity index (χ2v) is 7.90. The third kappa shape index (κ3) is 4.38. The summed E-state index contributed by atoms with van der Waals surface area (Å²) in [7, 11) is 1.67. The summed E-state index contributed by atoms with van der Waals surface area (Å²) in [6.07, 6.45) is 0.953. The molecule has 0 aliphatic carbocycles. The summed E-state index contributed by atoms with van der Waals surface area (Å²) in [6.45, 7) is 7.26. The maximum Gasteiger partial charge on any atom is 0.232 e. The Hall–Kier alpha value is -2.20. The van der Waals surface area contributed by atoms with E-state index in [4.69, 9.17) is 16.3 Å². The molecule has 3 rings (SSSR count). The van der Waals surface area contributed by atoms with Crippen molar-refractivity contribution in [3.63, 3.8) is 0 Å². The monoisotopic (exact) mass is 386 g/mol. The lowest BCUT2D eigenvalue weighted by Crippen LogP contribution is -2.45. The second-order valence-electron chi connectivity index (χ2n) is 7.46. The van der Waals surface area contributed by atoms with Gasteiger partial charge in [-0.1, -0.05) is 23.7 Å². The van der Waals surface area contributed by atoms with E-state index in [1.807, 2.05) is 55.1 Å². The van der Waals surface area contributed by atoms with E-state index in [1.165, 1.54) is 5.69 Å². The summed E-state index contributed by atoms with van der Waals surface area (Å²) < 4.78 is 5.24. The molecule has 1 aliphatic rings. The minimum atomic E-state index is -0.570. The molecule has 1 heterocycles. The third-order valence-electron chi connectivity index (χ3n) is 5.32. The summed E-state index contributed by atoms with van der Waals surface area (Å²) in [5, 5.41) is 0.687. The number of nitrogens with zero attached hydrogens (tertiary/aromatic N) is 2. The van der Waals surface area contributed by atoms with E-state index < -0.39 is 5.41 Å². The molecule has 27 heavy (non-hydrogen) atoms. The van der Waals surface area contributed by atoms with Gasteiger partial charge in [0, 0.05) is 36.9 Å². The Morgan fingerprint density at radius 1 is 0.963 bits per heavy atom. The van der Waals surface area contributed by atoms with Gasteiger partial charge in [0.2, 0.25) is 5.91 Å². The Bertz CT molecular complexity index is 772. The van der Waals surface area contributed by atoms with Crippen LogP contribution in [-0.4, -0.2) is 44.1 Å². The summed E-state index contributed by atoms with van der Waals surface area (Å²) in [5.41, 5.74) is 1.59. The molecule has 1 amide bonds. The Morgan fingerprint density at radius 2 is 1.63 bits per heavy atom. The molecule has 0 atom stereocenters. The van der Waals surface area contributed by atoms with Crippen LogP contribution in [0.1, 0.15) is 25.8 Å². The van der Waals surface area contributed by atoms with Gasteiger partial charge in [0.15, 0.2) is 0 Å². The van der Waals surface area contributed by atoms with Crippen molar-refractivity contribution < 1.29 is 9.53 Å². The summed E-state index contributed by atoms with van der Waals surface area (Å²) in [4.78, 5) is 17.6. The van der Waals surface area contributed by atoms with Gasteiger partial charge in [-0.05, 0) is 62.2 Å². The molecule has 4 nitrogen and oxygen atoms in total. The van der Waals surface area contributed by atoms with Crippen LogP contribution < -0.4 is 9.64 Å². The lowest BCUT2D eigenvalue weighted by molar-refractivity contribution is -0.136. The van der Waals surface area contributed by atoms with E-state index in [2.05, 4.69) is 17.0 Å². The lowest BCUT2D eigenvalue weighted by atomic mass is 9.83. The molecule has 1 saturated heterocycles. The van der Waals surface area contributed by atoms with Gasteiger partial charge in [0.25, 0.3) is 0 Å². The fraction of sp³-hybridized carbons (Fsp3) is 0.409. The van der Waals surface area contributed by atoms with Gasteiger partial charge in [-0.25, -0.2) is 0 Å². The molecule has 2 aromatic rings. The van der Waals surface area contributed by atoms with Crippen LogP contribution >= 0.6 is 11.6 Å². The smallest absolute Gasteiger partial charge is 0.232 e. The van der Waals surface area contributed by atoms with Crippen molar-refractivity contribution in [1.29, 1.82) is 0 Å². The predicted octanol–water partition coefficient (Wildman–Crippen LogP) is 4.37. The van der Waals surface area contributed by atoms with Crippen LogP contribution in [0.3, 0.4) is 0 Å². The molecule has 0 N–H and O–H groups in total. The Balaban J connectivity index is 1.69. The highest BCUT2D eigenvalue weighted by Crippen LogP contribution is 2.28. The molecular weight excluding hydrogens is 360 g/mol. The number of anilines is 1. The number of hydrogen-bond acceptors (Lipinski definition) is 3. The van der Waals surface area contributed by atoms with Gasteiger partial charge >= 0.3 is 0 Å². The highest BCUT2D eigenvalue weighted by atomic mass is 35.5. The SMILES string of the molecule is COc1ccc(N2CCCN(C(=O)C(C)(C)c3ccc(Cl)cc3)CC2)cc1. The average Bonchev–Trinajstić information content (AvgIpc) is 2.94. The molecule has 0 radical (unpaired) electrons. The van der Waals surface area contributed by atoms with E-state index in [9.17, 15) is 4.79 Å². The molecule has 1 fully saturated rings. The third-order valence-corrected chi connectivity index (χ3v) is 5.57. The molecule has 144 valence electrons. The van der Waals surface area contributed by atoms with E-state index in [0.717, 1.165) is 43.9 Å². The van der Waals surface area contributed by atoms with Crippen molar-refractivity contribution in [3.05, 3.63) is 59.1 Å². The molecule has 0 unspecified atom stereocenters. The van der Waals surface area contributed by atoms with Crippen LogP contribution in [0.5, 0.6) is 5.75 Å². The van der Waals surface area contributed by atoms with Crippen molar-refractivity contribution in [2.24, 2.45) is 0 Å². The van der Waals surface area contributed by atoms with Crippen molar-refractivity contribution in [2.45, 2.75) is 25.7 Å². The summed E-state index contributed by atoms with van der Waals surface area (Å²) in [6, 6.07) is 15.7. The molecule has 0 spiro atoms. The highest BCUT2D eigenvalue weighted by Gasteiger charge is 2.34. The van der Waals surface area contributed by atoms with E-state index in [1.54, 1.807) is 7.11 Å². The van der Waals surface area contributed by atoms with Crippen molar-refractivity contribution >= 4 is 23.2 Å². The standard InChI is InChI=1S/C22H27ClN2O2/c1-22(2,17-5-7-18(23)8-6-17)21(26)25-14-4-13-24(15-16-25)19-9-11-20(27-3)12-10-19/h5-12H,4,13-16H2,1-3H3. The van der Waals surface area contributed by atoms with E-state index >= 15 is 0 Å². The second kappa shape index (κ2) is 8.22. The summed E-state index contributed by atoms with van der Waals surface area (Å²) in [5.74, 6) is 1.02. The van der Waals surface area contributed by atoms with Crippen LogP contribution in [0.4, 0.5) is 5.69 Å². The maximum atomic E-state index is 13.2. The van der Waals surface area contributed by atoms with Gasteiger partial charge < -0.3 is 14.5 Å². The Kier molecular flexibility index (Phi) is 5.95. The first-order valence-corrected chi connectivity index (χ1v) is 9.74. The quantitative estimate of drug-likeness (QED) is 0.782. The van der Waals surface area contributed by atoms with Crippen LogP contribution in [0, 0.1) is 0 Å². The summed E-state index contributed by atoms with van der Waals surface area (Å²) >= 11 is 6.00. The van der Waals surface area contributed by atoms with Crippen LogP contribution in [0.25, 0.3) is 0 Å². The zero-order chi connectivity index (χ0) is 19.4. The zero-order valence-corrected chi connectivity index (χ0v) is 17.0. The number of amides is 1.